The van der Waals surface area contributed by atoms with Crippen molar-refractivity contribution in [2.45, 2.75) is 19.3 Å². The molecule has 2 nitrogen and oxygen atoms in total. The average molecular weight is 135 g/mol. The predicted octanol–water partition coefficient (Wildman–Crippen LogP) is 1.34. The normalized spacial score (nSPS) is 10.6. The van der Waals surface area contributed by atoms with Crippen LogP contribution >= 0.6 is 11.6 Å². The van der Waals surface area contributed by atoms with Crippen LogP contribution in [0.5, 0.6) is 0 Å². The second-order valence-electron chi connectivity index (χ2n) is 1.52. The number of unbranched alkanes of at least 4 members (excludes halogenated alkanes) is 2. The maximum atomic E-state index is 5.40. The Bertz CT molecular complexity index is 63.4. The van der Waals surface area contributed by atoms with Crippen LogP contribution in [0.4, 0.5) is 0 Å². The molecule has 0 heterocycles. The number of hydrazone groups is 1. The van der Waals surface area contributed by atoms with Crippen molar-refractivity contribution < 1.29 is 0 Å². The molecular weight excluding hydrogens is 124 g/mol. The summed E-state index contributed by atoms with van der Waals surface area (Å²) in [5.41, 5.74) is 0. The first-order chi connectivity index (χ1) is 3.91. The molecule has 0 aliphatic heterocycles. The van der Waals surface area contributed by atoms with Crippen molar-refractivity contribution in [3.8, 4) is 0 Å². The highest BCUT2D eigenvalue weighted by Gasteiger charge is 1.80. The first-order valence-electron chi connectivity index (χ1n) is 2.69. The van der Waals surface area contributed by atoms with E-state index in [1.807, 2.05) is 0 Å². The fourth-order valence-corrected chi connectivity index (χ4v) is 0.594. The number of rotatable bonds is 4. The number of halogens is 1. The van der Waals surface area contributed by atoms with E-state index in [9.17, 15) is 0 Å². The van der Waals surface area contributed by atoms with Gasteiger partial charge in [0.15, 0.2) is 0 Å². The summed E-state index contributed by atoms with van der Waals surface area (Å²) in [6, 6.07) is 0. The highest BCUT2D eigenvalue weighted by molar-refractivity contribution is 6.17. The number of nitrogens with two attached hydrogens (primary N) is 1. The predicted molar refractivity (Wildman–Crippen MR) is 37.3 cm³/mol. The Morgan fingerprint density at radius 3 is 2.75 bits per heavy atom. The molecule has 0 aromatic heterocycles. The summed E-state index contributed by atoms with van der Waals surface area (Å²) >= 11 is 5.40. The first kappa shape index (κ1) is 7.76. The molecule has 0 fully saturated rings. The van der Waals surface area contributed by atoms with E-state index in [4.69, 9.17) is 17.4 Å². The first-order valence-corrected chi connectivity index (χ1v) is 3.23. The topological polar surface area (TPSA) is 38.4 Å². The van der Waals surface area contributed by atoms with Crippen molar-refractivity contribution in [3.63, 3.8) is 0 Å². The summed E-state index contributed by atoms with van der Waals surface area (Å²) in [7, 11) is 0. The molecule has 0 unspecified atom stereocenters. The zero-order valence-corrected chi connectivity index (χ0v) is 5.56. The van der Waals surface area contributed by atoms with Crippen molar-refractivity contribution in [2.75, 3.05) is 5.88 Å². The smallest absolute Gasteiger partial charge is 0.0240 e. The van der Waals surface area contributed by atoms with E-state index in [-0.39, 0.29) is 0 Å². The molecule has 0 aromatic rings. The zero-order chi connectivity index (χ0) is 6.24. The van der Waals surface area contributed by atoms with Crippen molar-refractivity contribution in [3.05, 3.63) is 0 Å². The number of hydrogen-bond donors (Lipinski definition) is 1. The Balaban J connectivity index is 2.72. The van der Waals surface area contributed by atoms with E-state index in [0.717, 1.165) is 25.1 Å². The van der Waals surface area contributed by atoms with Gasteiger partial charge in [0, 0.05) is 12.1 Å². The number of nitrogens with zero attached hydrogens (tertiary/aromatic N) is 1. The Morgan fingerprint density at radius 1 is 1.50 bits per heavy atom. The van der Waals surface area contributed by atoms with Gasteiger partial charge in [0.05, 0.1) is 0 Å². The summed E-state index contributed by atoms with van der Waals surface area (Å²) in [6.07, 6.45) is 4.79. The molecule has 8 heavy (non-hydrogen) atoms. The molecule has 0 aliphatic carbocycles. The maximum Gasteiger partial charge on any atom is 0.0240 e. The van der Waals surface area contributed by atoms with Gasteiger partial charge in [-0.25, -0.2) is 0 Å². The van der Waals surface area contributed by atoms with Crippen LogP contribution < -0.4 is 5.84 Å². The molecule has 0 spiro atoms. The summed E-state index contributed by atoms with van der Waals surface area (Å²) < 4.78 is 0. The largest absolute Gasteiger partial charge is 0.324 e. The Hall–Kier alpha value is -0.240. The van der Waals surface area contributed by atoms with Crippen LogP contribution in [0.1, 0.15) is 19.3 Å². The van der Waals surface area contributed by atoms with Crippen molar-refractivity contribution in [1.82, 2.24) is 0 Å². The van der Waals surface area contributed by atoms with E-state index in [1.165, 1.54) is 0 Å². The second kappa shape index (κ2) is 6.76. The molecule has 48 valence electrons. The van der Waals surface area contributed by atoms with Gasteiger partial charge in [-0.05, 0) is 19.3 Å². The van der Waals surface area contributed by atoms with Gasteiger partial charge < -0.3 is 5.84 Å². The van der Waals surface area contributed by atoms with Crippen LogP contribution in [0.2, 0.25) is 0 Å². The van der Waals surface area contributed by atoms with E-state index < -0.39 is 0 Å². The molecule has 0 aromatic carbocycles. The third-order valence-corrected chi connectivity index (χ3v) is 1.09. The molecule has 2 N–H and O–H groups in total. The van der Waals surface area contributed by atoms with Gasteiger partial charge in [-0.3, -0.25) is 0 Å². The summed E-state index contributed by atoms with van der Waals surface area (Å²) in [5.74, 6) is 5.58. The molecule has 0 atom stereocenters. The fourth-order valence-electron chi connectivity index (χ4n) is 0.405. The highest BCUT2D eigenvalue weighted by atomic mass is 35.5. The highest BCUT2D eigenvalue weighted by Crippen LogP contribution is 1.93. The standard InChI is InChI=1S/C5H11ClN2/c6-4-2-1-3-5-8-7/h5H,1-4,7H2. The van der Waals surface area contributed by atoms with Gasteiger partial charge in [-0.1, -0.05) is 0 Å². The SMILES string of the molecule is NN=CCCCCCl. The van der Waals surface area contributed by atoms with Crippen LogP contribution in [0.25, 0.3) is 0 Å². The van der Waals surface area contributed by atoms with Crippen molar-refractivity contribution in [1.29, 1.82) is 0 Å². The number of hydrogen-bond acceptors (Lipinski definition) is 2. The van der Waals surface area contributed by atoms with Gasteiger partial charge in [0.25, 0.3) is 0 Å². The molecular formula is C5H11ClN2. The molecule has 0 amide bonds. The maximum absolute atomic E-state index is 5.40. The minimum atomic E-state index is 0.735. The van der Waals surface area contributed by atoms with Gasteiger partial charge in [0.2, 0.25) is 0 Å². The van der Waals surface area contributed by atoms with Crippen LogP contribution in [0.3, 0.4) is 0 Å². The molecule has 0 radical (unpaired) electrons. The van der Waals surface area contributed by atoms with Crippen molar-refractivity contribution in [2.24, 2.45) is 10.9 Å². The van der Waals surface area contributed by atoms with E-state index in [1.54, 1.807) is 6.21 Å². The lowest BCUT2D eigenvalue weighted by molar-refractivity contribution is 0.846. The number of alkyl halides is 1. The van der Waals surface area contributed by atoms with Crippen LogP contribution in [0, 0.1) is 0 Å². The lowest BCUT2D eigenvalue weighted by Gasteiger charge is -1.87. The minimum Gasteiger partial charge on any atom is -0.324 e. The molecule has 0 saturated heterocycles. The summed E-state index contributed by atoms with van der Waals surface area (Å²) in [5, 5.41) is 3.34. The quantitative estimate of drug-likeness (QED) is 0.204. The van der Waals surface area contributed by atoms with E-state index in [0.29, 0.717) is 0 Å². The fraction of sp³-hybridized carbons (Fsp3) is 0.800. The molecule has 0 bridgehead atoms. The van der Waals surface area contributed by atoms with Crippen LogP contribution in [0.15, 0.2) is 5.10 Å². The third-order valence-electron chi connectivity index (χ3n) is 0.822. The molecule has 0 aliphatic rings. The van der Waals surface area contributed by atoms with E-state index >= 15 is 0 Å². The van der Waals surface area contributed by atoms with Gasteiger partial charge in [-0.15, -0.1) is 11.6 Å². The van der Waals surface area contributed by atoms with Gasteiger partial charge in [0.1, 0.15) is 0 Å². The van der Waals surface area contributed by atoms with Gasteiger partial charge in [-0.2, -0.15) is 5.10 Å². The summed E-state index contributed by atoms with van der Waals surface area (Å²) in [6.45, 7) is 0. The molecule has 0 rings (SSSR count). The van der Waals surface area contributed by atoms with E-state index in [2.05, 4.69) is 5.10 Å². The third kappa shape index (κ3) is 5.76. The van der Waals surface area contributed by atoms with Crippen molar-refractivity contribution >= 4 is 17.8 Å². The lowest BCUT2D eigenvalue weighted by Crippen LogP contribution is -1.83. The average Bonchev–Trinajstić information content (AvgIpc) is 1.81. The van der Waals surface area contributed by atoms with Crippen LogP contribution in [-0.4, -0.2) is 12.1 Å². The lowest BCUT2D eigenvalue weighted by atomic mass is 10.3. The van der Waals surface area contributed by atoms with Gasteiger partial charge >= 0.3 is 0 Å². The Labute approximate surface area is 54.7 Å². The second-order valence-corrected chi connectivity index (χ2v) is 1.89. The Morgan fingerprint density at radius 2 is 2.25 bits per heavy atom. The minimum absolute atomic E-state index is 0.735. The Kier molecular flexibility index (Phi) is 6.56. The molecule has 0 saturated carbocycles. The summed E-state index contributed by atoms with van der Waals surface area (Å²) in [4.78, 5) is 0. The monoisotopic (exact) mass is 134 g/mol. The molecule has 3 heteroatoms. The van der Waals surface area contributed by atoms with Crippen LogP contribution in [-0.2, 0) is 0 Å². The zero-order valence-electron chi connectivity index (χ0n) is 4.81.